The highest BCUT2D eigenvalue weighted by Crippen LogP contribution is 2.21. The lowest BCUT2D eigenvalue weighted by Crippen LogP contribution is -2.20. The molecule has 0 unspecified atom stereocenters. The summed E-state index contributed by atoms with van der Waals surface area (Å²) in [6, 6.07) is 7.83. The molecule has 6 heteroatoms. The number of hydrogen-bond acceptors (Lipinski definition) is 3. The van der Waals surface area contributed by atoms with E-state index in [0.29, 0.717) is 5.56 Å². The maximum atomic E-state index is 12.1. The highest BCUT2D eigenvalue weighted by Gasteiger charge is 2.07. The Kier molecular flexibility index (Phi) is 5.32. The van der Waals surface area contributed by atoms with Crippen molar-refractivity contribution in [2.24, 2.45) is 0 Å². The molecule has 0 saturated heterocycles. The molecule has 0 aromatic heterocycles. The Hall–Kier alpha value is -2.42. The molecule has 0 aliphatic carbocycles. The highest BCUT2D eigenvalue weighted by molar-refractivity contribution is 5.92. The number of carbonyl (C=O) groups excluding carboxylic acids is 1. The van der Waals surface area contributed by atoms with Crippen LogP contribution in [0, 0.1) is 11.3 Å². The molecule has 0 aliphatic rings. The van der Waals surface area contributed by atoms with Crippen LogP contribution >= 0.6 is 0 Å². The molecule has 0 saturated carbocycles. The molecule has 1 amide bonds. The van der Waals surface area contributed by atoms with Gasteiger partial charge in [0.15, 0.2) is 0 Å². The van der Waals surface area contributed by atoms with Crippen LogP contribution in [0.2, 0.25) is 0 Å². The minimum absolute atomic E-state index is 0.0168. The van der Waals surface area contributed by atoms with Gasteiger partial charge in [-0.05, 0) is 12.1 Å². The second-order valence-corrected chi connectivity index (χ2v) is 3.13. The van der Waals surface area contributed by atoms with E-state index >= 15 is 0 Å². The maximum absolute atomic E-state index is 12.1. The monoisotopic (exact) mass is 252 g/mol. The molecular formula is C12H10F2N2O2. The number of nitriles is 1. The van der Waals surface area contributed by atoms with Gasteiger partial charge in [-0.1, -0.05) is 18.2 Å². The van der Waals surface area contributed by atoms with Crippen molar-refractivity contribution in [2.45, 2.75) is 6.61 Å². The number of rotatable bonds is 5. The zero-order valence-corrected chi connectivity index (χ0v) is 9.27. The van der Waals surface area contributed by atoms with Gasteiger partial charge in [-0.25, -0.2) is 0 Å². The van der Waals surface area contributed by atoms with Gasteiger partial charge in [-0.2, -0.15) is 14.0 Å². The molecule has 0 radical (unpaired) electrons. The summed E-state index contributed by atoms with van der Waals surface area (Å²) in [5.74, 6) is -0.500. The third-order valence-electron chi connectivity index (χ3n) is 1.89. The SMILES string of the molecule is N#CCNC(=O)C=Cc1ccccc1OC(F)F. The minimum Gasteiger partial charge on any atom is -0.434 e. The number of ether oxygens (including phenoxy) is 1. The maximum Gasteiger partial charge on any atom is 0.387 e. The zero-order valence-electron chi connectivity index (χ0n) is 9.27. The highest BCUT2D eigenvalue weighted by atomic mass is 19.3. The van der Waals surface area contributed by atoms with Crippen LogP contribution in [0.25, 0.3) is 6.08 Å². The summed E-state index contributed by atoms with van der Waals surface area (Å²) in [6.45, 7) is -3.04. The second-order valence-electron chi connectivity index (χ2n) is 3.13. The first-order valence-corrected chi connectivity index (χ1v) is 5.00. The summed E-state index contributed by atoms with van der Waals surface area (Å²) in [5.41, 5.74) is 0.352. The van der Waals surface area contributed by atoms with Gasteiger partial charge < -0.3 is 10.1 Å². The number of nitrogens with zero attached hydrogens (tertiary/aromatic N) is 1. The first kappa shape index (κ1) is 13.6. The van der Waals surface area contributed by atoms with Crippen molar-refractivity contribution < 1.29 is 18.3 Å². The summed E-state index contributed by atoms with van der Waals surface area (Å²) in [4.78, 5) is 11.2. The number of hydrogen-bond donors (Lipinski definition) is 1. The molecule has 4 nitrogen and oxygen atoms in total. The first-order chi connectivity index (χ1) is 8.63. The summed E-state index contributed by atoms with van der Waals surface area (Å²) < 4.78 is 28.5. The number of alkyl halides is 2. The Labute approximate surface area is 102 Å². The fourth-order valence-electron chi connectivity index (χ4n) is 1.17. The molecule has 0 spiro atoms. The normalized spacial score (nSPS) is 10.3. The lowest BCUT2D eigenvalue weighted by molar-refractivity contribution is -0.116. The van der Waals surface area contributed by atoms with E-state index < -0.39 is 12.5 Å². The van der Waals surface area contributed by atoms with E-state index in [9.17, 15) is 13.6 Å². The van der Waals surface area contributed by atoms with Gasteiger partial charge in [0.2, 0.25) is 5.91 Å². The van der Waals surface area contributed by atoms with E-state index in [1.54, 1.807) is 18.2 Å². The number of carbonyl (C=O) groups is 1. The molecule has 0 aliphatic heterocycles. The number of amides is 1. The van der Waals surface area contributed by atoms with Gasteiger partial charge >= 0.3 is 6.61 Å². The lowest BCUT2D eigenvalue weighted by atomic mass is 10.2. The predicted octanol–water partition coefficient (Wildman–Crippen LogP) is 1.94. The molecule has 0 bridgehead atoms. The van der Waals surface area contributed by atoms with E-state index in [-0.39, 0.29) is 12.3 Å². The van der Waals surface area contributed by atoms with Crippen LogP contribution < -0.4 is 10.1 Å². The van der Waals surface area contributed by atoms with Crippen LogP contribution in [0.3, 0.4) is 0 Å². The number of halogens is 2. The van der Waals surface area contributed by atoms with E-state index in [1.165, 1.54) is 18.2 Å². The molecular weight excluding hydrogens is 242 g/mol. The van der Waals surface area contributed by atoms with E-state index in [4.69, 9.17) is 5.26 Å². The Bertz CT molecular complexity index is 481. The summed E-state index contributed by atoms with van der Waals surface area (Å²) >= 11 is 0. The number of benzene rings is 1. The summed E-state index contributed by atoms with van der Waals surface area (Å²) in [6.07, 6.45) is 2.48. The van der Waals surface area contributed by atoms with Gasteiger partial charge in [0.05, 0.1) is 6.07 Å². The van der Waals surface area contributed by atoms with E-state index in [1.807, 2.05) is 0 Å². The first-order valence-electron chi connectivity index (χ1n) is 5.00. The zero-order chi connectivity index (χ0) is 13.4. The third kappa shape index (κ3) is 4.61. The molecule has 94 valence electrons. The van der Waals surface area contributed by atoms with Crippen molar-refractivity contribution in [1.29, 1.82) is 5.26 Å². The Morgan fingerprint density at radius 2 is 2.22 bits per heavy atom. The van der Waals surface area contributed by atoms with Gasteiger partial charge in [0.25, 0.3) is 0 Å². The Morgan fingerprint density at radius 3 is 2.89 bits per heavy atom. The van der Waals surface area contributed by atoms with Crippen LogP contribution in [0.15, 0.2) is 30.3 Å². The van der Waals surface area contributed by atoms with Gasteiger partial charge in [-0.3, -0.25) is 4.79 Å². The van der Waals surface area contributed by atoms with Crippen LogP contribution in [-0.2, 0) is 4.79 Å². The lowest BCUT2D eigenvalue weighted by Gasteiger charge is -2.07. The second kappa shape index (κ2) is 7.01. The van der Waals surface area contributed by atoms with Crippen LogP contribution in [0.5, 0.6) is 5.75 Å². The quantitative estimate of drug-likeness (QED) is 0.643. The van der Waals surface area contributed by atoms with E-state index in [0.717, 1.165) is 6.08 Å². The number of para-hydroxylation sites is 1. The molecule has 0 fully saturated rings. The van der Waals surface area contributed by atoms with Crippen molar-refractivity contribution in [3.8, 4) is 11.8 Å². The average molecular weight is 252 g/mol. The fourth-order valence-corrected chi connectivity index (χ4v) is 1.17. The summed E-state index contributed by atoms with van der Waals surface area (Å²) in [5, 5.41) is 10.5. The number of nitrogens with one attached hydrogen (secondary N) is 1. The average Bonchev–Trinajstić information content (AvgIpc) is 2.34. The molecule has 1 aromatic carbocycles. The van der Waals surface area contributed by atoms with Crippen LogP contribution in [0.1, 0.15) is 5.56 Å². The third-order valence-corrected chi connectivity index (χ3v) is 1.89. The van der Waals surface area contributed by atoms with Crippen molar-refractivity contribution >= 4 is 12.0 Å². The Balaban J connectivity index is 2.74. The standard InChI is InChI=1S/C12H10F2N2O2/c13-12(14)18-10-4-2-1-3-9(10)5-6-11(17)16-8-7-15/h1-6,12H,8H2,(H,16,17). The van der Waals surface area contributed by atoms with Gasteiger partial charge in [0, 0.05) is 11.6 Å². The molecule has 1 rings (SSSR count). The Morgan fingerprint density at radius 1 is 1.50 bits per heavy atom. The van der Waals surface area contributed by atoms with Crippen LogP contribution in [-0.4, -0.2) is 19.1 Å². The smallest absolute Gasteiger partial charge is 0.387 e. The molecule has 0 heterocycles. The van der Waals surface area contributed by atoms with E-state index in [2.05, 4.69) is 10.1 Å². The van der Waals surface area contributed by atoms with Crippen LogP contribution in [0.4, 0.5) is 8.78 Å². The van der Waals surface area contributed by atoms with Crippen molar-refractivity contribution in [3.63, 3.8) is 0 Å². The van der Waals surface area contributed by atoms with Gasteiger partial charge in [0.1, 0.15) is 12.3 Å². The van der Waals surface area contributed by atoms with Gasteiger partial charge in [-0.15, -0.1) is 0 Å². The molecule has 0 atom stereocenters. The molecule has 1 N–H and O–H groups in total. The molecule has 18 heavy (non-hydrogen) atoms. The largest absolute Gasteiger partial charge is 0.434 e. The topological polar surface area (TPSA) is 62.1 Å². The fraction of sp³-hybridized carbons (Fsp3) is 0.167. The predicted molar refractivity (Wildman–Crippen MR) is 60.7 cm³/mol. The van der Waals surface area contributed by atoms with Crippen molar-refractivity contribution in [1.82, 2.24) is 5.32 Å². The minimum atomic E-state index is -2.92. The van der Waals surface area contributed by atoms with Crippen molar-refractivity contribution in [2.75, 3.05) is 6.54 Å². The molecule has 1 aromatic rings. The van der Waals surface area contributed by atoms with Crippen molar-refractivity contribution in [3.05, 3.63) is 35.9 Å². The summed E-state index contributed by atoms with van der Waals surface area (Å²) in [7, 11) is 0.